The van der Waals surface area contributed by atoms with Gasteiger partial charge in [-0.15, -0.1) is 0 Å². The van der Waals surface area contributed by atoms with E-state index in [0.29, 0.717) is 24.2 Å². The Morgan fingerprint density at radius 1 is 1.33 bits per heavy atom. The normalized spacial score (nSPS) is 30.3. The molecule has 3 heterocycles. The molecule has 2 saturated heterocycles. The third kappa shape index (κ3) is 2.40. The smallest absolute Gasteiger partial charge is 0.133 e. The first kappa shape index (κ1) is 12.1. The maximum Gasteiger partial charge on any atom is 0.133 e. The van der Waals surface area contributed by atoms with E-state index >= 15 is 0 Å². The Morgan fingerprint density at radius 2 is 2.11 bits per heavy atom. The highest BCUT2D eigenvalue weighted by molar-refractivity contribution is 5.11. The zero-order valence-electron chi connectivity index (χ0n) is 11.1. The number of rotatable bonds is 4. The van der Waals surface area contributed by atoms with Crippen molar-refractivity contribution in [2.45, 2.75) is 63.8 Å². The quantitative estimate of drug-likeness (QED) is 0.884. The van der Waals surface area contributed by atoms with Crippen molar-refractivity contribution in [1.82, 2.24) is 15.3 Å². The molecule has 0 saturated carbocycles. The van der Waals surface area contributed by atoms with Gasteiger partial charge in [0.1, 0.15) is 5.82 Å². The molecule has 0 amide bonds. The second kappa shape index (κ2) is 4.94. The minimum absolute atomic E-state index is 0.370. The standard InChI is InChI=1S/C14H21N3O/c1-9(2)15-6-10-7-16-14(17-8-10)12-5-11-3-4-13(12)18-11/h7-9,11-13,15H,3-6H2,1-2H3. The van der Waals surface area contributed by atoms with Crippen molar-refractivity contribution in [1.29, 1.82) is 0 Å². The lowest BCUT2D eigenvalue weighted by molar-refractivity contribution is 0.0998. The Bertz CT molecular complexity index is 404. The van der Waals surface area contributed by atoms with E-state index in [1.807, 2.05) is 12.4 Å². The topological polar surface area (TPSA) is 47.0 Å². The number of hydrogen-bond donors (Lipinski definition) is 1. The summed E-state index contributed by atoms with van der Waals surface area (Å²) in [6, 6.07) is 0.489. The van der Waals surface area contributed by atoms with Crippen LogP contribution in [0.1, 0.15) is 50.4 Å². The molecule has 4 nitrogen and oxygen atoms in total. The van der Waals surface area contributed by atoms with Crippen LogP contribution in [0.3, 0.4) is 0 Å². The number of fused-ring (bicyclic) bond motifs is 2. The van der Waals surface area contributed by atoms with Gasteiger partial charge in [-0.3, -0.25) is 0 Å². The van der Waals surface area contributed by atoms with E-state index in [-0.39, 0.29) is 0 Å². The summed E-state index contributed by atoms with van der Waals surface area (Å²) in [5.74, 6) is 1.39. The fourth-order valence-corrected chi connectivity index (χ4v) is 2.88. The molecule has 2 aliphatic rings. The van der Waals surface area contributed by atoms with Crippen LogP contribution < -0.4 is 5.32 Å². The van der Waals surface area contributed by atoms with E-state index in [0.717, 1.165) is 24.4 Å². The monoisotopic (exact) mass is 247 g/mol. The van der Waals surface area contributed by atoms with Crippen LogP contribution in [0, 0.1) is 0 Å². The second-order valence-corrected chi connectivity index (χ2v) is 5.70. The van der Waals surface area contributed by atoms with Crippen LogP contribution in [-0.4, -0.2) is 28.2 Å². The molecular weight excluding hydrogens is 226 g/mol. The molecule has 3 atom stereocenters. The predicted molar refractivity (Wildman–Crippen MR) is 69.3 cm³/mol. The first-order valence-corrected chi connectivity index (χ1v) is 6.92. The second-order valence-electron chi connectivity index (χ2n) is 5.70. The van der Waals surface area contributed by atoms with Crippen LogP contribution in [0.15, 0.2) is 12.4 Å². The van der Waals surface area contributed by atoms with Crippen LogP contribution in [0.4, 0.5) is 0 Å². The van der Waals surface area contributed by atoms with E-state index < -0.39 is 0 Å². The summed E-state index contributed by atoms with van der Waals surface area (Å²) in [6.45, 7) is 5.12. The highest BCUT2D eigenvalue weighted by Gasteiger charge is 2.42. The fourth-order valence-electron chi connectivity index (χ4n) is 2.88. The van der Waals surface area contributed by atoms with Crippen LogP contribution in [0.25, 0.3) is 0 Å². The summed E-state index contributed by atoms with van der Waals surface area (Å²) in [5, 5.41) is 3.37. The van der Waals surface area contributed by atoms with Crippen LogP contribution in [-0.2, 0) is 11.3 Å². The molecule has 3 rings (SSSR count). The number of hydrogen-bond acceptors (Lipinski definition) is 4. The fraction of sp³-hybridized carbons (Fsp3) is 0.714. The van der Waals surface area contributed by atoms with Gasteiger partial charge in [-0.25, -0.2) is 9.97 Å². The van der Waals surface area contributed by atoms with Crippen molar-refractivity contribution in [3.05, 3.63) is 23.8 Å². The van der Waals surface area contributed by atoms with Gasteiger partial charge in [-0.2, -0.15) is 0 Å². The molecule has 1 aromatic heterocycles. The van der Waals surface area contributed by atoms with Crippen molar-refractivity contribution in [2.24, 2.45) is 0 Å². The molecule has 18 heavy (non-hydrogen) atoms. The highest BCUT2D eigenvalue weighted by atomic mass is 16.5. The van der Waals surface area contributed by atoms with Gasteiger partial charge in [0, 0.05) is 36.5 Å². The van der Waals surface area contributed by atoms with E-state index in [2.05, 4.69) is 29.1 Å². The summed E-state index contributed by atoms with van der Waals surface area (Å²) in [4.78, 5) is 9.05. The number of ether oxygens (including phenoxy) is 1. The van der Waals surface area contributed by atoms with Gasteiger partial charge in [0.05, 0.1) is 12.2 Å². The number of nitrogens with one attached hydrogen (secondary N) is 1. The maximum atomic E-state index is 5.86. The molecule has 2 bridgehead atoms. The minimum Gasteiger partial charge on any atom is -0.374 e. The predicted octanol–water partition coefficient (Wildman–Crippen LogP) is 2.01. The van der Waals surface area contributed by atoms with Gasteiger partial charge in [-0.05, 0) is 19.3 Å². The van der Waals surface area contributed by atoms with Gasteiger partial charge >= 0.3 is 0 Å². The Balaban J connectivity index is 1.64. The highest BCUT2D eigenvalue weighted by Crippen LogP contribution is 2.43. The summed E-state index contributed by atoms with van der Waals surface area (Å²) >= 11 is 0. The molecule has 1 aromatic rings. The molecule has 0 radical (unpaired) electrons. The van der Waals surface area contributed by atoms with Gasteiger partial charge in [0.25, 0.3) is 0 Å². The zero-order valence-corrected chi connectivity index (χ0v) is 11.1. The summed E-state index contributed by atoms with van der Waals surface area (Å²) in [5.41, 5.74) is 1.15. The van der Waals surface area contributed by atoms with Crippen LogP contribution >= 0.6 is 0 Å². The lowest BCUT2D eigenvalue weighted by atomic mass is 9.88. The first-order valence-electron chi connectivity index (χ1n) is 6.92. The van der Waals surface area contributed by atoms with Crippen LogP contribution in [0.5, 0.6) is 0 Å². The zero-order chi connectivity index (χ0) is 12.5. The SMILES string of the molecule is CC(C)NCc1cnc(C2CC3CCC2O3)nc1. The maximum absolute atomic E-state index is 5.86. The molecule has 2 fully saturated rings. The average Bonchev–Trinajstić information content (AvgIpc) is 2.99. The molecular formula is C14H21N3O. The molecule has 3 unspecified atom stereocenters. The van der Waals surface area contributed by atoms with Gasteiger partial charge < -0.3 is 10.1 Å². The van der Waals surface area contributed by atoms with Crippen LogP contribution in [0.2, 0.25) is 0 Å². The van der Waals surface area contributed by atoms with E-state index in [1.54, 1.807) is 0 Å². The summed E-state index contributed by atoms with van der Waals surface area (Å²) in [6.07, 6.45) is 8.23. The Morgan fingerprint density at radius 3 is 2.67 bits per heavy atom. The average molecular weight is 247 g/mol. The lowest BCUT2D eigenvalue weighted by Gasteiger charge is -2.17. The van der Waals surface area contributed by atoms with Gasteiger partial charge in [0.15, 0.2) is 0 Å². The van der Waals surface area contributed by atoms with E-state index in [1.165, 1.54) is 12.8 Å². The molecule has 98 valence electrons. The molecule has 2 aliphatic heterocycles. The van der Waals surface area contributed by atoms with E-state index in [9.17, 15) is 0 Å². The molecule has 0 spiro atoms. The van der Waals surface area contributed by atoms with Crippen molar-refractivity contribution >= 4 is 0 Å². The summed E-state index contributed by atoms with van der Waals surface area (Å²) in [7, 11) is 0. The Hall–Kier alpha value is -1.00. The molecule has 1 N–H and O–H groups in total. The number of aromatic nitrogens is 2. The third-order valence-electron chi connectivity index (χ3n) is 3.88. The van der Waals surface area contributed by atoms with Gasteiger partial charge in [0.2, 0.25) is 0 Å². The molecule has 0 aromatic carbocycles. The Kier molecular flexibility index (Phi) is 3.31. The largest absolute Gasteiger partial charge is 0.374 e. The minimum atomic E-state index is 0.370. The van der Waals surface area contributed by atoms with E-state index in [4.69, 9.17) is 4.74 Å². The first-order chi connectivity index (χ1) is 8.72. The molecule has 4 heteroatoms. The van der Waals surface area contributed by atoms with Crippen molar-refractivity contribution in [3.8, 4) is 0 Å². The lowest BCUT2D eigenvalue weighted by Crippen LogP contribution is -2.22. The Labute approximate surface area is 108 Å². The number of nitrogens with zero attached hydrogens (tertiary/aromatic N) is 2. The van der Waals surface area contributed by atoms with Crippen molar-refractivity contribution < 1.29 is 4.74 Å². The van der Waals surface area contributed by atoms with Crippen molar-refractivity contribution in [3.63, 3.8) is 0 Å². The van der Waals surface area contributed by atoms with Crippen molar-refractivity contribution in [2.75, 3.05) is 0 Å². The third-order valence-corrected chi connectivity index (χ3v) is 3.88. The summed E-state index contributed by atoms with van der Waals surface area (Å²) < 4.78 is 5.86. The van der Waals surface area contributed by atoms with Gasteiger partial charge in [-0.1, -0.05) is 13.8 Å². The molecule has 0 aliphatic carbocycles.